The molecular formula is C13H22N4O4S. The Morgan fingerprint density at radius 3 is 2.82 bits per heavy atom. The predicted octanol–water partition coefficient (Wildman–Crippen LogP) is -0.360. The fraction of sp³-hybridized carbons (Fsp3) is 0.846. The highest BCUT2D eigenvalue weighted by atomic mass is 32.2. The molecule has 2 aliphatic rings. The van der Waals surface area contributed by atoms with Gasteiger partial charge in [0.1, 0.15) is 0 Å². The van der Waals surface area contributed by atoms with Gasteiger partial charge < -0.3 is 15.0 Å². The third kappa shape index (κ3) is 5.12. The van der Waals surface area contributed by atoms with Crippen LogP contribution in [-0.2, 0) is 14.8 Å². The zero-order valence-corrected chi connectivity index (χ0v) is 13.3. The van der Waals surface area contributed by atoms with Gasteiger partial charge >= 0.3 is 6.03 Å². The molecule has 1 heterocycles. The molecule has 124 valence electrons. The number of hydrogen-bond acceptors (Lipinski definition) is 5. The number of nitriles is 1. The maximum absolute atomic E-state index is 11.9. The van der Waals surface area contributed by atoms with Gasteiger partial charge in [-0.05, 0) is 18.8 Å². The lowest BCUT2D eigenvalue weighted by atomic mass is 9.86. The molecule has 0 spiro atoms. The average Bonchev–Trinajstić information content (AvgIpc) is 2.45. The van der Waals surface area contributed by atoms with E-state index in [1.807, 2.05) is 6.07 Å². The topological polar surface area (TPSA) is 112 Å². The van der Waals surface area contributed by atoms with Crippen molar-refractivity contribution < 1.29 is 17.9 Å². The number of nitrogens with zero attached hydrogens (tertiary/aromatic N) is 2. The Balaban J connectivity index is 1.66. The Morgan fingerprint density at radius 2 is 2.18 bits per heavy atom. The number of amides is 2. The lowest BCUT2D eigenvalue weighted by Gasteiger charge is -2.29. The summed E-state index contributed by atoms with van der Waals surface area (Å²) in [6.07, 6.45) is 2.71. The Morgan fingerprint density at radius 1 is 1.41 bits per heavy atom. The van der Waals surface area contributed by atoms with E-state index in [-0.39, 0.29) is 24.9 Å². The molecule has 0 aromatic rings. The predicted molar refractivity (Wildman–Crippen MR) is 79.5 cm³/mol. The number of nitrogens with one attached hydrogen (secondary N) is 2. The Bertz CT molecular complexity index is 527. The van der Waals surface area contributed by atoms with Gasteiger partial charge in [-0.1, -0.05) is 6.42 Å². The number of rotatable bonds is 6. The van der Waals surface area contributed by atoms with Crippen LogP contribution in [0.5, 0.6) is 0 Å². The Hall–Kier alpha value is -1.37. The van der Waals surface area contributed by atoms with Gasteiger partial charge in [0.25, 0.3) is 0 Å². The van der Waals surface area contributed by atoms with E-state index in [2.05, 4.69) is 10.0 Å². The van der Waals surface area contributed by atoms with Crippen LogP contribution in [0.25, 0.3) is 0 Å². The molecule has 1 unspecified atom stereocenters. The van der Waals surface area contributed by atoms with Crippen LogP contribution in [0.2, 0.25) is 0 Å². The van der Waals surface area contributed by atoms with Crippen molar-refractivity contribution in [3.63, 3.8) is 0 Å². The van der Waals surface area contributed by atoms with Crippen molar-refractivity contribution in [2.24, 2.45) is 5.92 Å². The lowest BCUT2D eigenvalue weighted by molar-refractivity contribution is 0.0158. The molecule has 2 amide bonds. The van der Waals surface area contributed by atoms with Gasteiger partial charge in [0.2, 0.25) is 10.0 Å². The zero-order chi connectivity index (χ0) is 16.0. The highest BCUT2D eigenvalue weighted by Gasteiger charge is 2.24. The van der Waals surface area contributed by atoms with Gasteiger partial charge in [0.15, 0.2) is 6.10 Å². The third-order valence-electron chi connectivity index (χ3n) is 3.96. The van der Waals surface area contributed by atoms with E-state index in [0.29, 0.717) is 25.6 Å². The average molecular weight is 330 g/mol. The highest BCUT2D eigenvalue weighted by molar-refractivity contribution is 7.89. The largest absolute Gasteiger partial charge is 0.360 e. The molecule has 1 saturated heterocycles. The van der Waals surface area contributed by atoms with Gasteiger partial charge in [0.05, 0.1) is 25.0 Å². The zero-order valence-electron chi connectivity index (χ0n) is 12.5. The molecule has 2 fully saturated rings. The van der Waals surface area contributed by atoms with Crippen molar-refractivity contribution in [2.75, 3.05) is 38.5 Å². The first-order chi connectivity index (χ1) is 10.5. The van der Waals surface area contributed by atoms with Crippen LogP contribution in [0.4, 0.5) is 4.79 Å². The smallest absolute Gasteiger partial charge is 0.317 e. The fourth-order valence-electron chi connectivity index (χ4n) is 2.33. The fourth-order valence-corrected chi connectivity index (χ4v) is 3.33. The third-order valence-corrected chi connectivity index (χ3v) is 5.31. The minimum Gasteiger partial charge on any atom is -0.360 e. The number of hydrogen-bond donors (Lipinski definition) is 2. The highest BCUT2D eigenvalue weighted by Crippen LogP contribution is 2.25. The van der Waals surface area contributed by atoms with Crippen LogP contribution < -0.4 is 10.0 Å². The van der Waals surface area contributed by atoms with E-state index in [9.17, 15) is 13.2 Å². The molecule has 8 nitrogen and oxygen atoms in total. The number of carbonyl (C=O) groups is 1. The SMILES string of the molecule is N#CC1CN(C(=O)NCCS(=O)(=O)NCC2CCC2)CCO1. The molecule has 1 aliphatic carbocycles. The van der Waals surface area contributed by atoms with Crippen molar-refractivity contribution >= 4 is 16.1 Å². The molecule has 0 aromatic carbocycles. The van der Waals surface area contributed by atoms with Gasteiger partial charge in [0, 0.05) is 19.6 Å². The molecule has 2 rings (SSSR count). The van der Waals surface area contributed by atoms with Crippen LogP contribution in [0.15, 0.2) is 0 Å². The minimum absolute atomic E-state index is 0.0490. The molecule has 0 bridgehead atoms. The number of carbonyl (C=O) groups excluding carboxylic acids is 1. The molecule has 1 aliphatic heterocycles. The molecule has 1 saturated carbocycles. The summed E-state index contributed by atoms with van der Waals surface area (Å²) in [5, 5.41) is 11.4. The second-order valence-electron chi connectivity index (χ2n) is 5.63. The first-order valence-electron chi connectivity index (χ1n) is 7.51. The second-order valence-corrected chi connectivity index (χ2v) is 7.56. The summed E-state index contributed by atoms with van der Waals surface area (Å²) < 4.78 is 31.3. The summed E-state index contributed by atoms with van der Waals surface area (Å²) >= 11 is 0. The number of ether oxygens (including phenoxy) is 1. The van der Waals surface area contributed by atoms with Crippen molar-refractivity contribution in [1.29, 1.82) is 5.26 Å². The summed E-state index contributed by atoms with van der Waals surface area (Å²) in [7, 11) is -3.35. The van der Waals surface area contributed by atoms with Crippen LogP contribution in [0.3, 0.4) is 0 Å². The monoisotopic (exact) mass is 330 g/mol. The molecule has 9 heteroatoms. The van der Waals surface area contributed by atoms with Crippen molar-refractivity contribution in [1.82, 2.24) is 14.9 Å². The number of morpholine rings is 1. The normalized spacial score (nSPS) is 22.7. The van der Waals surface area contributed by atoms with E-state index in [1.165, 1.54) is 11.3 Å². The van der Waals surface area contributed by atoms with E-state index in [0.717, 1.165) is 12.8 Å². The van der Waals surface area contributed by atoms with Crippen LogP contribution in [0.1, 0.15) is 19.3 Å². The number of sulfonamides is 1. The van der Waals surface area contributed by atoms with Crippen molar-refractivity contribution in [3.8, 4) is 6.07 Å². The Kier molecular flexibility index (Phi) is 5.99. The van der Waals surface area contributed by atoms with Gasteiger partial charge in [-0.25, -0.2) is 17.9 Å². The maximum atomic E-state index is 11.9. The van der Waals surface area contributed by atoms with E-state index < -0.39 is 16.1 Å². The van der Waals surface area contributed by atoms with Gasteiger partial charge in [-0.3, -0.25) is 0 Å². The molecule has 2 N–H and O–H groups in total. The maximum Gasteiger partial charge on any atom is 0.317 e. The van der Waals surface area contributed by atoms with Crippen molar-refractivity contribution in [2.45, 2.75) is 25.4 Å². The molecule has 0 radical (unpaired) electrons. The van der Waals surface area contributed by atoms with Crippen LogP contribution in [0, 0.1) is 17.2 Å². The quantitative estimate of drug-likeness (QED) is 0.691. The van der Waals surface area contributed by atoms with E-state index in [4.69, 9.17) is 10.00 Å². The van der Waals surface area contributed by atoms with E-state index in [1.54, 1.807) is 0 Å². The standard InChI is InChI=1S/C13H22N4O4S/c14-8-12-10-17(5-6-21-12)13(18)15-4-7-22(19,20)16-9-11-2-1-3-11/h11-12,16H,1-7,9-10H2,(H,15,18). The summed E-state index contributed by atoms with van der Waals surface area (Å²) in [6, 6.07) is 1.59. The first-order valence-corrected chi connectivity index (χ1v) is 9.17. The summed E-state index contributed by atoms with van der Waals surface area (Å²) in [4.78, 5) is 13.4. The van der Waals surface area contributed by atoms with E-state index >= 15 is 0 Å². The van der Waals surface area contributed by atoms with Crippen molar-refractivity contribution in [3.05, 3.63) is 0 Å². The Labute approximate surface area is 130 Å². The minimum atomic E-state index is -3.35. The summed E-state index contributed by atoms with van der Waals surface area (Å²) in [6.45, 7) is 1.45. The molecule has 22 heavy (non-hydrogen) atoms. The molecule has 1 atom stereocenters. The number of urea groups is 1. The molecular weight excluding hydrogens is 308 g/mol. The van der Waals surface area contributed by atoms with Crippen LogP contribution in [-0.4, -0.2) is 64.0 Å². The first kappa shape index (κ1) is 17.0. The van der Waals surface area contributed by atoms with Crippen LogP contribution >= 0.6 is 0 Å². The summed E-state index contributed by atoms with van der Waals surface area (Å²) in [5.41, 5.74) is 0. The molecule has 0 aromatic heterocycles. The van der Waals surface area contributed by atoms with Gasteiger partial charge in [-0.15, -0.1) is 0 Å². The second kappa shape index (κ2) is 7.76. The lowest BCUT2D eigenvalue weighted by Crippen LogP contribution is -2.50. The summed E-state index contributed by atoms with van der Waals surface area (Å²) in [5.74, 6) is 0.318. The van der Waals surface area contributed by atoms with Gasteiger partial charge in [-0.2, -0.15) is 5.26 Å².